The van der Waals surface area contributed by atoms with Crippen LogP contribution in [0.25, 0.3) is 0 Å². The molecule has 1 unspecified atom stereocenters. The van der Waals surface area contributed by atoms with E-state index in [0.29, 0.717) is 0 Å². The molecule has 0 aliphatic heterocycles. The van der Waals surface area contributed by atoms with E-state index in [1.54, 1.807) is 0 Å². The van der Waals surface area contributed by atoms with Crippen molar-refractivity contribution in [2.45, 2.75) is 65.7 Å². The maximum atomic E-state index is 2.33. The van der Waals surface area contributed by atoms with Gasteiger partial charge in [0.25, 0.3) is 0 Å². The minimum absolute atomic E-state index is 0.952. The van der Waals surface area contributed by atoms with E-state index in [-0.39, 0.29) is 0 Å². The average molecular weight is 182 g/mol. The highest BCUT2D eigenvalue weighted by Gasteiger charge is 2.04. The summed E-state index contributed by atoms with van der Waals surface area (Å²) in [4.78, 5) is 0. The predicted molar refractivity (Wildman–Crippen MR) is 62.0 cm³/mol. The standard InChI is InChI=1S/C13H26/c1-4-7-9-12-13(10-6-3)11-8-5-2/h5,8,13H,4,6-7,9-12H2,1-3H3. The molecule has 1 atom stereocenters. The molecule has 0 N–H and O–H groups in total. The van der Waals surface area contributed by atoms with E-state index >= 15 is 0 Å². The van der Waals surface area contributed by atoms with Crippen LogP contribution in [0.5, 0.6) is 0 Å². The Morgan fingerprint density at radius 3 is 2.31 bits per heavy atom. The fourth-order valence-electron chi connectivity index (χ4n) is 1.80. The Hall–Kier alpha value is -0.260. The molecule has 0 nitrogen and oxygen atoms in total. The average Bonchev–Trinajstić information content (AvgIpc) is 2.14. The van der Waals surface area contributed by atoms with Crippen molar-refractivity contribution in [3.05, 3.63) is 12.2 Å². The van der Waals surface area contributed by atoms with Crippen molar-refractivity contribution in [2.24, 2.45) is 5.92 Å². The molecule has 0 saturated heterocycles. The first-order valence-corrected chi connectivity index (χ1v) is 5.96. The van der Waals surface area contributed by atoms with Gasteiger partial charge in [-0.2, -0.15) is 0 Å². The van der Waals surface area contributed by atoms with E-state index in [4.69, 9.17) is 0 Å². The summed E-state index contributed by atoms with van der Waals surface area (Å²) < 4.78 is 0. The number of hydrogen-bond donors (Lipinski definition) is 0. The summed E-state index contributed by atoms with van der Waals surface area (Å²) in [5.41, 5.74) is 0. The van der Waals surface area contributed by atoms with Gasteiger partial charge < -0.3 is 0 Å². The lowest BCUT2D eigenvalue weighted by Crippen LogP contribution is -1.98. The maximum Gasteiger partial charge on any atom is -0.0322 e. The quantitative estimate of drug-likeness (QED) is 0.368. The summed E-state index contributed by atoms with van der Waals surface area (Å²) in [5, 5.41) is 0. The van der Waals surface area contributed by atoms with Gasteiger partial charge in [0.2, 0.25) is 0 Å². The third-order valence-corrected chi connectivity index (χ3v) is 2.62. The molecule has 0 fully saturated rings. The molecule has 0 aromatic carbocycles. The molecule has 0 aliphatic carbocycles. The van der Waals surface area contributed by atoms with Crippen molar-refractivity contribution in [1.82, 2.24) is 0 Å². The summed E-state index contributed by atoms with van der Waals surface area (Å²) in [6.07, 6.45) is 14.2. The molecule has 0 amide bonds. The first kappa shape index (κ1) is 12.7. The van der Waals surface area contributed by atoms with Crippen molar-refractivity contribution in [2.75, 3.05) is 0 Å². The second-order valence-electron chi connectivity index (χ2n) is 3.96. The van der Waals surface area contributed by atoms with Crippen molar-refractivity contribution in [3.8, 4) is 0 Å². The lowest BCUT2D eigenvalue weighted by atomic mass is 9.93. The Kier molecular flexibility index (Phi) is 9.63. The monoisotopic (exact) mass is 182 g/mol. The van der Waals surface area contributed by atoms with Crippen LogP contribution in [0, 0.1) is 5.92 Å². The second-order valence-corrected chi connectivity index (χ2v) is 3.96. The Morgan fingerprint density at radius 2 is 1.77 bits per heavy atom. The Morgan fingerprint density at radius 1 is 1.00 bits per heavy atom. The van der Waals surface area contributed by atoms with Gasteiger partial charge in [-0.25, -0.2) is 0 Å². The van der Waals surface area contributed by atoms with Crippen LogP contribution in [0.15, 0.2) is 12.2 Å². The normalized spacial score (nSPS) is 13.8. The van der Waals surface area contributed by atoms with Gasteiger partial charge in [0, 0.05) is 0 Å². The van der Waals surface area contributed by atoms with Gasteiger partial charge in [-0.1, -0.05) is 64.5 Å². The molecule has 13 heavy (non-hydrogen) atoms. The number of hydrogen-bond acceptors (Lipinski definition) is 0. The van der Waals surface area contributed by atoms with Gasteiger partial charge in [0.15, 0.2) is 0 Å². The van der Waals surface area contributed by atoms with Crippen LogP contribution in [0.2, 0.25) is 0 Å². The van der Waals surface area contributed by atoms with Crippen molar-refractivity contribution >= 4 is 0 Å². The largest absolute Gasteiger partial charge is 0.0917 e. The molecule has 78 valence electrons. The molecule has 0 aliphatic rings. The molecule has 0 aromatic rings. The second kappa shape index (κ2) is 9.83. The Bertz CT molecular complexity index is 113. The maximum absolute atomic E-state index is 2.33. The highest BCUT2D eigenvalue weighted by molar-refractivity contribution is 4.80. The van der Waals surface area contributed by atoms with Crippen LogP contribution in [0.1, 0.15) is 65.7 Å². The SMILES string of the molecule is CC=CCC(CCC)CCCCC. The van der Waals surface area contributed by atoms with Crippen LogP contribution in [-0.2, 0) is 0 Å². The van der Waals surface area contributed by atoms with E-state index in [1.807, 2.05) is 0 Å². The summed E-state index contributed by atoms with van der Waals surface area (Å²) in [7, 11) is 0. The molecule has 0 rings (SSSR count). The number of rotatable bonds is 8. The van der Waals surface area contributed by atoms with Crippen LogP contribution >= 0.6 is 0 Å². The topological polar surface area (TPSA) is 0 Å². The van der Waals surface area contributed by atoms with Gasteiger partial charge in [0.05, 0.1) is 0 Å². The van der Waals surface area contributed by atoms with Crippen molar-refractivity contribution in [1.29, 1.82) is 0 Å². The lowest BCUT2D eigenvalue weighted by molar-refractivity contribution is 0.428. The number of unbranched alkanes of at least 4 members (excludes halogenated alkanes) is 2. The van der Waals surface area contributed by atoms with Gasteiger partial charge in [-0.05, 0) is 19.3 Å². The lowest BCUT2D eigenvalue weighted by Gasteiger charge is -2.13. The van der Waals surface area contributed by atoms with Crippen LogP contribution < -0.4 is 0 Å². The third-order valence-electron chi connectivity index (χ3n) is 2.62. The van der Waals surface area contributed by atoms with E-state index < -0.39 is 0 Å². The van der Waals surface area contributed by atoms with E-state index in [1.165, 1.54) is 44.9 Å². The van der Waals surface area contributed by atoms with E-state index in [0.717, 1.165) is 5.92 Å². The van der Waals surface area contributed by atoms with Crippen molar-refractivity contribution < 1.29 is 0 Å². The summed E-state index contributed by atoms with van der Waals surface area (Å²) >= 11 is 0. The number of allylic oxidation sites excluding steroid dienone is 2. The molecule has 0 bridgehead atoms. The summed E-state index contributed by atoms with van der Waals surface area (Å²) in [6.45, 7) is 6.69. The first-order chi connectivity index (χ1) is 6.35. The van der Waals surface area contributed by atoms with Gasteiger partial charge in [0.1, 0.15) is 0 Å². The molecule has 0 spiro atoms. The van der Waals surface area contributed by atoms with Gasteiger partial charge in [-0.3, -0.25) is 0 Å². The minimum Gasteiger partial charge on any atom is -0.0917 e. The smallest absolute Gasteiger partial charge is 0.0322 e. The third kappa shape index (κ3) is 8.08. The molecule has 0 aromatic heterocycles. The van der Waals surface area contributed by atoms with E-state index in [2.05, 4.69) is 32.9 Å². The molecular formula is C13H26. The molecular weight excluding hydrogens is 156 g/mol. The van der Waals surface area contributed by atoms with Crippen LogP contribution in [-0.4, -0.2) is 0 Å². The summed E-state index contributed by atoms with van der Waals surface area (Å²) in [5.74, 6) is 0.952. The van der Waals surface area contributed by atoms with Crippen molar-refractivity contribution in [3.63, 3.8) is 0 Å². The highest BCUT2D eigenvalue weighted by atomic mass is 14.1. The fourth-order valence-corrected chi connectivity index (χ4v) is 1.80. The van der Waals surface area contributed by atoms with Crippen LogP contribution in [0.3, 0.4) is 0 Å². The summed E-state index contributed by atoms with van der Waals surface area (Å²) in [6, 6.07) is 0. The first-order valence-electron chi connectivity index (χ1n) is 5.96. The minimum atomic E-state index is 0.952. The van der Waals surface area contributed by atoms with Gasteiger partial charge in [-0.15, -0.1) is 0 Å². The van der Waals surface area contributed by atoms with E-state index in [9.17, 15) is 0 Å². The highest BCUT2D eigenvalue weighted by Crippen LogP contribution is 2.19. The van der Waals surface area contributed by atoms with Gasteiger partial charge >= 0.3 is 0 Å². The Labute approximate surface area is 84.4 Å². The fraction of sp³-hybridized carbons (Fsp3) is 0.846. The molecule has 0 heteroatoms. The zero-order valence-corrected chi connectivity index (χ0v) is 9.68. The molecule has 0 saturated carbocycles. The zero-order valence-electron chi connectivity index (χ0n) is 9.68. The zero-order chi connectivity index (χ0) is 9.94. The molecule has 0 radical (unpaired) electrons. The van der Waals surface area contributed by atoms with Crippen LogP contribution in [0.4, 0.5) is 0 Å². The molecule has 0 heterocycles. The predicted octanol–water partition coefficient (Wildman–Crippen LogP) is 4.95. The Balaban J connectivity index is 3.53.